The van der Waals surface area contributed by atoms with Gasteiger partial charge in [0.15, 0.2) is 0 Å². The van der Waals surface area contributed by atoms with E-state index in [-0.39, 0.29) is 23.6 Å². The summed E-state index contributed by atoms with van der Waals surface area (Å²) in [5.41, 5.74) is 0.987. The molecule has 1 aromatic rings. The second kappa shape index (κ2) is 6.40. The summed E-state index contributed by atoms with van der Waals surface area (Å²) in [6.07, 6.45) is 1.32. The van der Waals surface area contributed by atoms with E-state index in [4.69, 9.17) is 9.47 Å². The van der Waals surface area contributed by atoms with Gasteiger partial charge in [-0.2, -0.15) is 0 Å². The van der Waals surface area contributed by atoms with E-state index in [9.17, 15) is 4.79 Å². The van der Waals surface area contributed by atoms with E-state index in [1.54, 1.807) is 0 Å². The summed E-state index contributed by atoms with van der Waals surface area (Å²) >= 11 is 0. The van der Waals surface area contributed by atoms with Gasteiger partial charge < -0.3 is 20.1 Å². The molecule has 23 heavy (non-hydrogen) atoms. The largest absolute Gasteiger partial charge is 0.494 e. The van der Waals surface area contributed by atoms with Gasteiger partial charge in [-0.25, -0.2) is 4.79 Å². The van der Waals surface area contributed by atoms with Crippen molar-refractivity contribution in [2.45, 2.75) is 45.9 Å². The molecule has 1 saturated carbocycles. The lowest BCUT2D eigenvalue weighted by molar-refractivity contribution is -0.108. The molecule has 1 aromatic carbocycles. The lowest BCUT2D eigenvalue weighted by atomic mass is 9.57. The molecule has 126 valence electrons. The molecule has 2 aliphatic rings. The van der Waals surface area contributed by atoms with Crippen molar-refractivity contribution in [3.05, 3.63) is 29.8 Å². The summed E-state index contributed by atoms with van der Waals surface area (Å²) in [4.78, 5) is 12.3. The van der Waals surface area contributed by atoms with Gasteiger partial charge in [-0.05, 0) is 19.4 Å². The number of fused-ring (bicyclic) bond motifs is 1. The molecule has 5 nitrogen and oxygen atoms in total. The summed E-state index contributed by atoms with van der Waals surface area (Å²) in [7, 11) is 0. The van der Waals surface area contributed by atoms with Crippen molar-refractivity contribution in [2.75, 3.05) is 13.2 Å². The molecule has 0 radical (unpaired) electrons. The van der Waals surface area contributed by atoms with Crippen molar-refractivity contribution >= 4 is 6.03 Å². The summed E-state index contributed by atoms with van der Waals surface area (Å²) in [5, 5.41) is 6.07. The Hall–Kier alpha value is -1.75. The molecule has 1 saturated heterocycles. The summed E-state index contributed by atoms with van der Waals surface area (Å²) in [6.45, 7) is 8.15. The zero-order chi connectivity index (χ0) is 16.4. The third-order valence-corrected chi connectivity index (χ3v) is 5.10. The first-order valence-corrected chi connectivity index (χ1v) is 8.40. The fraction of sp³-hybridized carbons (Fsp3) is 0.611. The zero-order valence-electron chi connectivity index (χ0n) is 14.1. The fourth-order valence-electron chi connectivity index (χ4n) is 3.93. The number of carbonyl (C=O) groups is 1. The minimum absolute atomic E-state index is 0.00172. The Morgan fingerprint density at radius 1 is 1.39 bits per heavy atom. The van der Waals surface area contributed by atoms with Gasteiger partial charge in [0.25, 0.3) is 0 Å². The maximum atomic E-state index is 12.3. The van der Waals surface area contributed by atoms with Crippen molar-refractivity contribution < 1.29 is 14.3 Å². The van der Waals surface area contributed by atoms with Crippen molar-refractivity contribution in [1.82, 2.24) is 10.6 Å². The third-order valence-electron chi connectivity index (χ3n) is 5.10. The number of nitrogens with one attached hydrogen (secondary N) is 2. The molecule has 3 rings (SSSR count). The van der Waals surface area contributed by atoms with Gasteiger partial charge in [0.2, 0.25) is 0 Å². The quantitative estimate of drug-likeness (QED) is 0.877. The predicted molar refractivity (Wildman–Crippen MR) is 88.4 cm³/mol. The van der Waals surface area contributed by atoms with E-state index in [0.29, 0.717) is 19.1 Å². The molecule has 2 fully saturated rings. The minimum Gasteiger partial charge on any atom is -0.494 e. The number of ether oxygens (including phenoxy) is 2. The SMILES string of the molecule is CCOc1ccccc1CNC(=O)N[C@@H]1[C@H]2CCO[C@H]2C1(C)C. The predicted octanol–water partition coefficient (Wildman–Crippen LogP) is 2.70. The van der Waals surface area contributed by atoms with E-state index in [0.717, 1.165) is 24.3 Å². The van der Waals surface area contributed by atoms with E-state index in [1.807, 2.05) is 31.2 Å². The Morgan fingerprint density at radius 2 is 2.17 bits per heavy atom. The summed E-state index contributed by atoms with van der Waals surface area (Å²) < 4.78 is 11.3. The first kappa shape index (κ1) is 16.1. The molecule has 5 heteroatoms. The molecule has 3 atom stereocenters. The third kappa shape index (κ3) is 3.02. The highest BCUT2D eigenvalue weighted by Crippen LogP contribution is 2.52. The maximum absolute atomic E-state index is 12.3. The Kier molecular flexibility index (Phi) is 4.48. The molecule has 2 amide bonds. The number of hydrogen-bond acceptors (Lipinski definition) is 3. The number of urea groups is 1. The maximum Gasteiger partial charge on any atom is 0.315 e. The standard InChI is InChI=1S/C18H26N2O3/c1-4-22-14-8-6-5-7-12(14)11-19-17(21)20-15-13-9-10-23-16(13)18(15,2)3/h5-8,13,15-16H,4,9-11H2,1-3H3,(H2,19,20,21)/t13-,15-,16-/m1/s1. The number of benzene rings is 1. The van der Waals surface area contributed by atoms with Crippen LogP contribution in [0, 0.1) is 11.3 Å². The number of hydrogen-bond donors (Lipinski definition) is 2. The van der Waals surface area contributed by atoms with E-state index in [2.05, 4.69) is 24.5 Å². The smallest absolute Gasteiger partial charge is 0.315 e. The van der Waals surface area contributed by atoms with Crippen LogP contribution in [-0.4, -0.2) is 31.4 Å². The van der Waals surface area contributed by atoms with E-state index in [1.165, 1.54) is 0 Å². The molecule has 0 bridgehead atoms. The van der Waals surface area contributed by atoms with Gasteiger partial charge in [-0.1, -0.05) is 32.0 Å². The van der Waals surface area contributed by atoms with Crippen molar-refractivity contribution in [3.63, 3.8) is 0 Å². The van der Waals surface area contributed by atoms with Crippen LogP contribution in [0.25, 0.3) is 0 Å². The molecule has 0 unspecified atom stereocenters. The fourth-order valence-corrected chi connectivity index (χ4v) is 3.93. The summed E-state index contributed by atoms with van der Waals surface area (Å²) in [6, 6.07) is 7.84. The Bertz CT molecular complexity index is 573. The first-order valence-electron chi connectivity index (χ1n) is 8.40. The van der Waals surface area contributed by atoms with Crippen LogP contribution in [0.1, 0.15) is 32.8 Å². The van der Waals surface area contributed by atoms with E-state index >= 15 is 0 Å². The number of amides is 2. The van der Waals surface area contributed by atoms with Gasteiger partial charge in [0.1, 0.15) is 5.75 Å². The molecular formula is C18H26N2O3. The number of carbonyl (C=O) groups excluding carboxylic acids is 1. The zero-order valence-corrected chi connectivity index (χ0v) is 14.1. The van der Waals surface area contributed by atoms with Crippen LogP contribution in [-0.2, 0) is 11.3 Å². The molecule has 1 heterocycles. The van der Waals surface area contributed by atoms with E-state index < -0.39 is 0 Å². The molecule has 0 aromatic heterocycles. The Labute approximate surface area is 137 Å². The van der Waals surface area contributed by atoms with Crippen LogP contribution in [0.15, 0.2) is 24.3 Å². The second-order valence-corrected chi connectivity index (χ2v) is 6.91. The molecular weight excluding hydrogens is 292 g/mol. The highest BCUT2D eigenvalue weighted by Gasteiger charge is 2.59. The highest BCUT2D eigenvalue weighted by atomic mass is 16.5. The van der Waals surface area contributed by atoms with Crippen LogP contribution in [0.4, 0.5) is 4.79 Å². The molecule has 1 aliphatic carbocycles. The van der Waals surface area contributed by atoms with Crippen molar-refractivity contribution in [2.24, 2.45) is 11.3 Å². The lowest BCUT2D eigenvalue weighted by Crippen LogP contribution is -2.67. The summed E-state index contributed by atoms with van der Waals surface area (Å²) in [5.74, 6) is 1.27. The van der Waals surface area contributed by atoms with Crippen molar-refractivity contribution in [3.8, 4) is 5.75 Å². The van der Waals surface area contributed by atoms with Crippen LogP contribution in [0.2, 0.25) is 0 Å². The molecule has 1 aliphatic heterocycles. The molecule has 2 N–H and O–H groups in total. The van der Waals surface area contributed by atoms with Gasteiger partial charge in [-0.15, -0.1) is 0 Å². The van der Waals surface area contributed by atoms with Crippen LogP contribution in [0.5, 0.6) is 5.75 Å². The molecule has 0 spiro atoms. The average Bonchev–Trinajstić information content (AvgIpc) is 2.99. The van der Waals surface area contributed by atoms with Gasteiger partial charge >= 0.3 is 6.03 Å². The number of rotatable bonds is 5. The Morgan fingerprint density at radius 3 is 2.96 bits per heavy atom. The highest BCUT2D eigenvalue weighted by molar-refractivity contribution is 5.74. The van der Waals surface area contributed by atoms with Crippen LogP contribution < -0.4 is 15.4 Å². The lowest BCUT2D eigenvalue weighted by Gasteiger charge is -2.54. The topological polar surface area (TPSA) is 59.6 Å². The van der Waals surface area contributed by atoms with Gasteiger partial charge in [-0.3, -0.25) is 0 Å². The van der Waals surface area contributed by atoms with Crippen LogP contribution in [0.3, 0.4) is 0 Å². The monoisotopic (exact) mass is 318 g/mol. The first-order chi connectivity index (χ1) is 11.0. The normalized spacial score (nSPS) is 27.7. The average molecular weight is 318 g/mol. The minimum atomic E-state index is -0.125. The van der Waals surface area contributed by atoms with Gasteiger partial charge in [0.05, 0.1) is 12.7 Å². The number of para-hydroxylation sites is 1. The van der Waals surface area contributed by atoms with Crippen LogP contribution >= 0.6 is 0 Å². The van der Waals surface area contributed by atoms with Gasteiger partial charge in [0, 0.05) is 36.1 Å². The second-order valence-electron chi connectivity index (χ2n) is 6.91. The Balaban J connectivity index is 1.54. The van der Waals surface area contributed by atoms with Crippen molar-refractivity contribution in [1.29, 1.82) is 0 Å².